The van der Waals surface area contributed by atoms with Crippen molar-refractivity contribution in [2.45, 2.75) is 44.3 Å². The van der Waals surface area contributed by atoms with Crippen molar-refractivity contribution in [1.29, 1.82) is 0 Å². The number of anilines is 1. The Balaban J connectivity index is 1.83. The van der Waals surface area contributed by atoms with Gasteiger partial charge >= 0.3 is 6.18 Å². The smallest absolute Gasteiger partial charge is 0.359 e. The minimum Gasteiger partial charge on any atom is -0.359 e. The van der Waals surface area contributed by atoms with E-state index >= 15 is 0 Å². The largest absolute Gasteiger partial charge is 0.416 e. The van der Waals surface area contributed by atoms with Gasteiger partial charge in [0.2, 0.25) is 0 Å². The average Bonchev–Trinajstić information content (AvgIpc) is 2.80. The molecule has 1 saturated carbocycles. The van der Waals surface area contributed by atoms with Crippen LogP contribution in [-0.2, 0) is 6.18 Å². The molecule has 1 aromatic carbocycles. The van der Waals surface area contributed by atoms with Crippen LogP contribution in [0.4, 0.5) is 18.3 Å². The number of nitrogens with zero attached hydrogens (tertiary/aromatic N) is 1. The predicted octanol–water partition coefficient (Wildman–Crippen LogP) is 5.06. The lowest BCUT2D eigenvalue weighted by molar-refractivity contribution is -0.137. The molecule has 1 aromatic heterocycles. The highest BCUT2D eigenvalue weighted by molar-refractivity contribution is 7.22. The van der Waals surface area contributed by atoms with Crippen LogP contribution in [0.3, 0.4) is 0 Å². The Hall–Kier alpha value is -1.30. The summed E-state index contributed by atoms with van der Waals surface area (Å²) in [6.07, 6.45) is 1.61. The lowest BCUT2D eigenvalue weighted by atomic mass is 9.96. The van der Waals surface area contributed by atoms with Gasteiger partial charge < -0.3 is 5.32 Å². The molecule has 0 spiro atoms. The number of hydrogen-bond donors (Lipinski definition) is 1. The minimum atomic E-state index is -4.31. The quantitative estimate of drug-likeness (QED) is 0.838. The van der Waals surface area contributed by atoms with Gasteiger partial charge in [-0.1, -0.05) is 30.6 Å². The van der Waals surface area contributed by atoms with Crippen LogP contribution in [0.1, 0.15) is 37.7 Å². The van der Waals surface area contributed by atoms with Gasteiger partial charge in [0.25, 0.3) is 0 Å². The molecule has 0 atom stereocenters. The van der Waals surface area contributed by atoms with Crippen LogP contribution in [-0.4, -0.2) is 11.0 Å². The fourth-order valence-electron chi connectivity index (χ4n) is 2.59. The van der Waals surface area contributed by atoms with E-state index in [0.29, 0.717) is 11.6 Å². The number of thiazole rings is 1. The second-order valence-electron chi connectivity index (χ2n) is 5.18. The molecule has 0 amide bonds. The first-order valence-electron chi connectivity index (χ1n) is 6.77. The highest BCUT2D eigenvalue weighted by Gasteiger charge is 2.30. The maximum absolute atomic E-state index is 12.7. The summed E-state index contributed by atoms with van der Waals surface area (Å²) in [6, 6.07) is 4.15. The van der Waals surface area contributed by atoms with Crippen molar-refractivity contribution < 1.29 is 13.2 Å². The molecule has 108 valence electrons. The summed E-state index contributed by atoms with van der Waals surface area (Å²) in [5, 5.41) is 4.08. The molecule has 1 heterocycles. The van der Waals surface area contributed by atoms with Crippen molar-refractivity contribution in [2.75, 3.05) is 5.32 Å². The standard InChI is InChI=1S/C14H15F3N2S/c15-14(16,17)9-6-7-12-11(8-9)19-13(20-12)18-10-4-2-1-3-5-10/h6-8,10H,1-5H2,(H,18,19). The number of fused-ring (bicyclic) bond motifs is 1. The molecule has 0 aliphatic heterocycles. The van der Waals surface area contributed by atoms with Gasteiger partial charge in [-0.15, -0.1) is 0 Å². The summed E-state index contributed by atoms with van der Waals surface area (Å²) in [6.45, 7) is 0. The fraction of sp³-hybridized carbons (Fsp3) is 0.500. The van der Waals surface area contributed by atoms with Gasteiger partial charge in [-0.05, 0) is 31.0 Å². The van der Waals surface area contributed by atoms with E-state index in [1.807, 2.05) is 0 Å². The topological polar surface area (TPSA) is 24.9 Å². The van der Waals surface area contributed by atoms with Crippen LogP contribution in [0.2, 0.25) is 0 Å². The maximum atomic E-state index is 12.7. The third kappa shape index (κ3) is 2.90. The zero-order valence-electron chi connectivity index (χ0n) is 10.8. The monoisotopic (exact) mass is 300 g/mol. The number of halogens is 3. The zero-order valence-corrected chi connectivity index (χ0v) is 11.7. The second kappa shape index (κ2) is 5.24. The van der Waals surface area contributed by atoms with Crippen molar-refractivity contribution in [3.63, 3.8) is 0 Å². The Morgan fingerprint density at radius 3 is 2.60 bits per heavy atom. The number of alkyl halides is 3. The Bertz CT molecular complexity index is 600. The lowest BCUT2D eigenvalue weighted by Gasteiger charge is -2.22. The van der Waals surface area contributed by atoms with E-state index in [1.165, 1.54) is 36.7 Å². The third-order valence-electron chi connectivity index (χ3n) is 3.65. The molecule has 0 unspecified atom stereocenters. The predicted molar refractivity (Wildman–Crippen MR) is 75.1 cm³/mol. The molecule has 1 fully saturated rings. The van der Waals surface area contributed by atoms with E-state index < -0.39 is 11.7 Å². The van der Waals surface area contributed by atoms with Crippen LogP contribution >= 0.6 is 11.3 Å². The normalized spacial score (nSPS) is 17.6. The van der Waals surface area contributed by atoms with Crippen LogP contribution in [0.5, 0.6) is 0 Å². The first kappa shape index (κ1) is 13.7. The molecule has 1 aliphatic rings. The first-order chi connectivity index (χ1) is 9.52. The molecule has 1 N–H and O–H groups in total. The van der Waals surface area contributed by atoms with Gasteiger partial charge in [0.05, 0.1) is 15.8 Å². The maximum Gasteiger partial charge on any atom is 0.416 e. The van der Waals surface area contributed by atoms with Gasteiger partial charge in [-0.3, -0.25) is 0 Å². The first-order valence-corrected chi connectivity index (χ1v) is 7.58. The lowest BCUT2D eigenvalue weighted by Crippen LogP contribution is -2.21. The molecule has 6 heteroatoms. The molecule has 1 aliphatic carbocycles. The van der Waals surface area contributed by atoms with E-state index in [4.69, 9.17) is 0 Å². The summed E-state index contributed by atoms with van der Waals surface area (Å²) >= 11 is 1.42. The van der Waals surface area contributed by atoms with Crippen LogP contribution < -0.4 is 5.32 Å². The van der Waals surface area contributed by atoms with Gasteiger partial charge in [-0.2, -0.15) is 13.2 Å². The second-order valence-corrected chi connectivity index (χ2v) is 6.21. The number of benzene rings is 1. The Labute approximate surface area is 119 Å². The number of hydrogen-bond acceptors (Lipinski definition) is 3. The number of rotatable bonds is 2. The van der Waals surface area contributed by atoms with E-state index in [0.717, 1.165) is 34.8 Å². The van der Waals surface area contributed by atoms with Crippen LogP contribution in [0.15, 0.2) is 18.2 Å². The van der Waals surface area contributed by atoms with Gasteiger partial charge in [0, 0.05) is 6.04 Å². The van der Waals surface area contributed by atoms with E-state index in [-0.39, 0.29) is 0 Å². The van der Waals surface area contributed by atoms with E-state index in [1.54, 1.807) is 0 Å². The fourth-order valence-corrected chi connectivity index (χ4v) is 3.51. The molecule has 20 heavy (non-hydrogen) atoms. The molecule has 0 radical (unpaired) electrons. The molecule has 3 rings (SSSR count). The SMILES string of the molecule is FC(F)(F)c1ccc2sc(NC3CCCCC3)nc2c1. The van der Waals surface area contributed by atoms with Crippen LogP contribution in [0, 0.1) is 0 Å². The van der Waals surface area contributed by atoms with Gasteiger partial charge in [0.1, 0.15) is 0 Å². The van der Waals surface area contributed by atoms with E-state index in [2.05, 4.69) is 10.3 Å². The van der Waals surface area contributed by atoms with Crippen LogP contribution in [0.25, 0.3) is 10.2 Å². The number of nitrogens with one attached hydrogen (secondary N) is 1. The Kier molecular flexibility index (Phi) is 3.58. The Morgan fingerprint density at radius 2 is 1.90 bits per heavy atom. The molecule has 0 saturated heterocycles. The average molecular weight is 300 g/mol. The summed E-state index contributed by atoms with van der Waals surface area (Å²) in [5.74, 6) is 0. The summed E-state index contributed by atoms with van der Waals surface area (Å²) < 4.78 is 38.8. The summed E-state index contributed by atoms with van der Waals surface area (Å²) in [4.78, 5) is 4.29. The van der Waals surface area contributed by atoms with Gasteiger partial charge in [0.15, 0.2) is 5.13 Å². The van der Waals surface area contributed by atoms with Gasteiger partial charge in [-0.25, -0.2) is 4.98 Å². The molecule has 0 bridgehead atoms. The van der Waals surface area contributed by atoms with Crippen molar-refractivity contribution in [1.82, 2.24) is 4.98 Å². The molecular formula is C14H15F3N2S. The number of aromatic nitrogens is 1. The Morgan fingerprint density at radius 1 is 1.15 bits per heavy atom. The van der Waals surface area contributed by atoms with Crippen molar-refractivity contribution in [3.05, 3.63) is 23.8 Å². The molecule has 2 aromatic rings. The zero-order chi connectivity index (χ0) is 14.2. The highest BCUT2D eigenvalue weighted by Crippen LogP contribution is 2.34. The molecule has 2 nitrogen and oxygen atoms in total. The van der Waals surface area contributed by atoms with Crippen molar-refractivity contribution >= 4 is 26.7 Å². The van der Waals surface area contributed by atoms with Crippen molar-refractivity contribution in [3.8, 4) is 0 Å². The summed E-state index contributed by atoms with van der Waals surface area (Å²) in [5.41, 5.74) is -0.220. The third-order valence-corrected chi connectivity index (χ3v) is 4.62. The van der Waals surface area contributed by atoms with E-state index in [9.17, 15) is 13.2 Å². The minimum absolute atomic E-state index is 0.409. The summed E-state index contributed by atoms with van der Waals surface area (Å²) in [7, 11) is 0. The van der Waals surface area contributed by atoms with Crippen molar-refractivity contribution in [2.24, 2.45) is 0 Å². The molecular weight excluding hydrogens is 285 g/mol. The highest BCUT2D eigenvalue weighted by atomic mass is 32.1.